The van der Waals surface area contributed by atoms with Crippen molar-refractivity contribution >= 4 is 16.8 Å². The fraction of sp³-hybridized carbons (Fsp3) is 0.357. The summed E-state index contributed by atoms with van der Waals surface area (Å²) in [5.41, 5.74) is 6.11. The highest BCUT2D eigenvalue weighted by molar-refractivity contribution is 5.95. The van der Waals surface area contributed by atoms with Crippen LogP contribution in [0, 0.1) is 0 Å². The molecule has 1 amide bonds. The van der Waals surface area contributed by atoms with E-state index < -0.39 is 0 Å². The summed E-state index contributed by atoms with van der Waals surface area (Å²) in [4.78, 5) is 26.3. The predicted octanol–water partition coefficient (Wildman–Crippen LogP) is 0.486. The third-order valence-electron chi connectivity index (χ3n) is 3.62. The van der Waals surface area contributed by atoms with Crippen molar-refractivity contribution < 1.29 is 4.79 Å². The van der Waals surface area contributed by atoms with E-state index in [1.165, 1.54) is 0 Å². The van der Waals surface area contributed by atoms with Crippen LogP contribution in [0.1, 0.15) is 23.3 Å². The molecule has 6 nitrogen and oxygen atoms in total. The van der Waals surface area contributed by atoms with Gasteiger partial charge in [0.15, 0.2) is 5.69 Å². The summed E-state index contributed by atoms with van der Waals surface area (Å²) in [6.07, 6.45) is 1.77. The minimum Gasteiger partial charge on any atom is -0.336 e. The van der Waals surface area contributed by atoms with Crippen LogP contribution < -0.4 is 11.2 Å². The number of piperidine rings is 1. The molecule has 6 heteroatoms. The summed E-state index contributed by atoms with van der Waals surface area (Å²) < 4.78 is 0. The Balaban J connectivity index is 1.99. The zero-order chi connectivity index (χ0) is 14.1. The van der Waals surface area contributed by atoms with E-state index >= 15 is 0 Å². The van der Waals surface area contributed by atoms with Gasteiger partial charge in [0.1, 0.15) is 0 Å². The van der Waals surface area contributed by atoms with Gasteiger partial charge in [0.05, 0.1) is 5.52 Å². The van der Waals surface area contributed by atoms with Crippen LogP contribution in [-0.4, -0.2) is 40.1 Å². The van der Waals surface area contributed by atoms with Crippen LogP contribution in [0.25, 0.3) is 10.9 Å². The Labute approximate surface area is 115 Å². The van der Waals surface area contributed by atoms with Gasteiger partial charge in [-0.15, -0.1) is 0 Å². The van der Waals surface area contributed by atoms with Crippen LogP contribution in [0.15, 0.2) is 29.1 Å². The first kappa shape index (κ1) is 12.8. The smallest absolute Gasteiger partial charge is 0.278 e. The Bertz CT molecular complexity index is 710. The molecule has 2 aromatic rings. The van der Waals surface area contributed by atoms with E-state index in [0.717, 1.165) is 12.8 Å². The normalized spacial score (nSPS) is 19.2. The lowest BCUT2D eigenvalue weighted by Crippen LogP contribution is -2.47. The second-order valence-corrected chi connectivity index (χ2v) is 5.10. The summed E-state index contributed by atoms with van der Waals surface area (Å²) in [5.74, 6) is -0.341. The third kappa shape index (κ3) is 2.18. The topological polar surface area (TPSA) is 92.1 Å². The molecule has 3 rings (SSSR count). The lowest BCUT2D eigenvalue weighted by Gasteiger charge is -2.30. The summed E-state index contributed by atoms with van der Waals surface area (Å²) in [5, 5.41) is 7.18. The molecule has 20 heavy (non-hydrogen) atoms. The SMILES string of the molecule is NC1CCCN(C(=O)c2n[nH]c3ccccc3c2=O)C1. The number of carbonyl (C=O) groups excluding carboxylic acids is 1. The van der Waals surface area contributed by atoms with Crippen molar-refractivity contribution in [3.05, 3.63) is 40.2 Å². The van der Waals surface area contributed by atoms with Crippen LogP contribution >= 0.6 is 0 Å². The molecule has 0 radical (unpaired) electrons. The molecule has 3 N–H and O–H groups in total. The highest BCUT2D eigenvalue weighted by Crippen LogP contribution is 2.11. The van der Waals surface area contributed by atoms with E-state index in [-0.39, 0.29) is 23.1 Å². The number of rotatable bonds is 1. The van der Waals surface area contributed by atoms with Crippen LogP contribution in [0.3, 0.4) is 0 Å². The van der Waals surface area contributed by atoms with Crippen molar-refractivity contribution in [3.8, 4) is 0 Å². The van der Waals surface area contributed by atoms with Crippen LogP contribution in [0.5, 0.6) is 0 Å². The van der Waals surface area contributed by atoms with Gasteiger partial charge in [-0.2, -0.15) is 5.10 Å². The number of nitrogens with zero attached hydrogens (tertiary/aromatic N) is 2. The fourth-order valence-corrected chi connectivity index (χ4v) is 2.56. The number of benzene rings is 1. The van der Waals surface area contributed by atoms with Crippen molar-refractivity contribution in [1.82, 2.24) is 15.1 Å². The highest BCUT2D eigenvalue weighted by Gasteiger charge is 2.25. The molecule has 1 aromatic heterocycles. The summed E-state index contributed by atoms with van der Waals surface area (Å²) in [7, 11) is 0. The molecule has 0 bridgehead atoms. The van der Waals surface area contributed by atoms with Crippen molar-refractivity contribution in [2.24, 2.45) is 5.73 Å². The number of para-hydroxylation sites is 1. The average molecular weight is 272 g/mol. The molecule has 0 saturated carbocycles. The fourth-order valence-electron chi connectivity index (χ4n) is 2.56. The van der Waals surface area contributed by atoms with Gasteiger partial charge in [0.25, 0.3) is 5.91 Å². The Hall–Kier alpha value is -2.21. The number of carbonyl (C=O) groups is 1. The first-order chi connectivity index (χ1) is 9.66. The average Bonchev–Trinajstić information content (AvgIpc) is 2.47. The van der Waals surface area contributed by atoms with Crippen LogP contribution in [0.4, 0.5) is 0 Å². The van der Waals surface area contributed by atoms with Crippen molar-refractivity contribution in [1.29, 1.82) is 0 Å². The number of aromatic amines is 1. The van der Waals surface area contributed by atoms with E-state index in [1.807, 2.05) is 6.07 Å². The molecule has 104 valence electrons. The Kier molecular flexibility index (Phi) is 3.23. The predicted molar refractivity (Wildman–Crippen MR) is 75.5 cm³/mol. The molecule has 0 spiro atoms. The van der Waals surface area contributed by atoms with Gasteiger partial charge in [-0.05, 0) is 25.0 Å². The van der Waals surface area contributed by atoms with Crippen LogP contribution in [0.2, 0.25) is 0 Å². The number of nitrogens with one attached hydrogen (secondary N) is 1. The molecule has 1 aliphatic heterocycles. The number of aromatic nitrogens is 2. The standard InChI is InChI=1S/C14H16N4O2/c15-9-4-3-7-18(8-9)14(20)12-13(19)10-5-1-2-6-11(10)16-17-12/h1-2,5-6,9H,3-4,7-8,15H2,(H,16,19). The molecule has 1 aromatic carbocycles. The molecule has 1 saturated heterocycles. The largest absolute Gasteiger partial charge is 0.336 e. The molecular formula is C14H16N4O2. The van der Waals surface area contributed by atoms with E-state index in [9.17, 15) is 9.59 Å². The summed E-state index contributed by atoms with van der Waals surface area (Å²) >= 11 is 0. The summed E-state index contributed by atoms with van der Waals surface area (Å²) in [6, 6.07) is 7.00. The molecule has 1 atom stereocenters. The summed E-state index contributed by atoms with van der Waals surface area (Å²) in [6.45, 7) is 1.10. The number of hydrogen-bond donors (Lipinski definition) is 2. The number of H-pyrrole nitrogens is 1. The van der Waals surface area contributed by atoms with E-state index in [0.29, 0.717) is 24.0 Å². The third-order valence-corrected chi connectivity index (χ3v) is 3.62. The van der Waals surface area contributed by atoms with Gasteiger partial charge >= 0.3 is 0 Å². The van der Waals surface area contributed by atoms with Gasteiger partial charge in [-0.1, -0.05) is 12.1 Å². The van der Waals surface area contributed by atoms with Gasteiger partial charge < -0.3 is 10.6 Å². The molecule has 2 heterocycles. The second kappa shape index (κ2) is 5.05. The van der Waals surface area contributed by atoms with E-state index in [4.69, 9.17) is 5.73 Å². The van der Waals surface area contributed by atoms with Gasteiger partial charge in [-0.25, -0.2) is 0 Å². The quantitative estimate of drug-likeness (QED) is 0.790. The van der Waals surface area contributed by atoms with Crippen molar-refractivity contribution in [3.63, 3.8) is 0 Å². The lowest BCUT2D eigenvalue weighted by molar-refractivity contribution is 0.0700. The number of amides is 1. The minimum absolute atomic E-state index is 0.0211. The first-order valence-corrected chi connectivity index (χ1v) is 6.69. The zero-order valence-electron chi connectivity index (χ0n) is 11.0. The van der Waals surface area contributed by atoms with Crippen LogP contribution in [-0.2, 0) is 0 Å². The van der Waals surface area contributed by atoms with Gasteiger partial charge in [0.2, 0.25) is 5.43 Å². The Morgan fingerprint density at radius 1 is 1.40 bits per heavy atom. The zero-order valence-corrected chi connectivity index (χ0v) is 11.0. The van der Waals surface area contributed by atoms with Crippen molar-refractivity contribution in [2.75, 3.05) is 13.1 Å². The van der Waals surface area contributed by atoms with E-state index in [2.05, 4.69) is 10.2 Å². The monoisotopic (exact) mass is 272 g/mol. The number of fused-ring (bicyclic) bond motifs is 1. The maximum atomic E-state index is 12.4. The maximum Gasteiger partial charge on any atom is 0.278 e. The van der Waals surface area contributed by atoms with E-state index in [1.54, 1.807) is 23.1 Å². The molecule has 0 aliphatic carbocycles. The van der Waals surface area contributed by atoms with Gasteiger partial charge in [-0.3, -0.25) is 14.7 Å². The Morgan fingerprint density at radius 3 is 3.00 bits per heavy atom. The molecule has 1 fully saturated rings. The first-order valence-electron chi connectivity index (χ1n) is 6.69. The second-order valence-electron chi connectivity index (χ2n) is 5.10. The minimum atomic E-state index is -0.341. The lowest BCUT2D eigenvalue weighted by atomic mass is 10.1. The number of likely N-dealkylation sites (tertiary alicyclic amines) is 1. The Morgan fingerprint density at radius 2 is 2.20 bits per heavy atom. The number of hydrogen-bond acceptors (Lipinski definition) is 4. The maximum absolute atomic E-state index is 12.4. The number of nitrogens with two attached hydrogens (primary N) is 1. The molecular weight excluding hydrogens is 256 g/mol. The van der Waals surface area contributed by atoms with Crippen molar-refractivity contribution in [2.45, 2.75) is 18.9 Å². The highest BCUT2D eigenvalue weighted by atomic mass is 16.2. The molecule has 1 aliphatic rings. The van der Waals surface area contributed by atoms with Gasteiger partial charge in [0, 0.05) is 24.5 Å². The molecule has 1 unspecified atom stereocenters.